The van der Waals surface area contributed by atoms with Crippen LogP contribution in [0.25, 0.3) is 0 Å². The van der Waals surface area contributed by atoms with Crippen molar-refractivity contribution in [3.05, 3.63) is 0 Å². The van der Waals surface area contributed by atoms with Crippen molar-refractivity contribution in [1.29, 1.82) is 0 Å². The van der Waals surface area contributed by atoms with Crippen LogP contribution in [0.1, 0.15) is 20.3 Å². The SMILES string of the molecule is CC(=O)N1C[C@@H](C)C[C@H](N)C1.Cl. The molecule has 0 unspecified atom stereocenters. The van der Waals surface area contributed by atoms with E-state index in [4.69, 9.17) is 5.73 Å². The fourth-order valence-corrected chi connectivity index (χ4v) is 1.66. The van der Waals surface area contributed by atoms with Gasteiger partial charge in [0.1, 0.15) is 0 Å². The van der Waals surface area contributed by atoms with E-state index >= 15 is 0 Å². The Balaban J connectivity index is 0.00000121. The van der Waals surface area contributed by atoms with Gasteiger partial charge in [-0.05, 0) is 12.3 Å². The maximum absolute atomic E-state index is 11.0. The molecule has 4 heteroatoms. The number of amides is 1. The number of carbonyl (C=O) groups excluding carboxylic acids is 1. The first-order chi connectivity index (χ1) is 5.09. The Morgan fingerprint density at radius 2 is 2.08 bits per heavy atom. The fraction of sp³-hybridized carbons (Fsp3) is 0.875. The van der Waals surface area contributed by atoms with Crippen molar-refractivity contribution in [2.75, 3.05) is 13.1 Å². The zero-order valence-electron chi connectivity index (χ0n) is 7.62. The third-order valence-corrected chi connectivity index (χ3v) is 2.14. The summed E-state index contributed by atoms with van der Waals surface area (Å²) in [6, 6.07) is 0.183. The van der Waals surface area contributed by atoms with Crippen LogP contribution in [0.4, 0.5) is 0 Å². The fourth-order valence-electron chi connectivity index (χ4n) is 1.66. The lowest BCUT2D eigenvalue weighted by molar-refractivity contribution is -0.130. The van der Waals surface area contributed by atoms with E-state index in [2.05, 4.69) is 6.92 Å². The molecule has 1 heterocycles. The van der Waals surface area contributed by atoms with Gasteiger partial charge in [0.25, 0.3) is 0 Å². The highest BCUT2D eigenvalue weighted by atomic mass is 35.5. The Bertz CT molecular complexity index is 153. The first-order valence-electron chi connectivity index (χ1n) is 4.10. The molecule has 2 N–H and O–H groups in total. The second-order valence-electron chi connectivity index (χ2n) is 3.52. The van der Waals surface area contributed by atoms with Crippen LogP contribution in [0, 0.1) is 5.92 Å². The van der Waals surface area contributed by atoms with Gasteiger partial charge in [-0.15, -0.1) is 12.4 Å². The van der Waals surface area contributed by atoms with Gasteiger partial charge in [-0.1, -0.05) is 6.92 Å². The molecule has 1 aliphatic heterocycles. The molecule has 2 atom stereocenters. The van der Waals surface area contributed by atoms with Crippen molar-refractivity contribution in [2.24, 2.45) is 11.7 Å². The van der Waals surface area contributed by atoms with Gasteiger partial charge in [0.15, 0.2) is 0 Å². The predicted octanol–water partition coefficient (Wildman–Crippen LogP) is 0.624. The highest BCUT2D eigenvalue weighted by molar-refractivity contribution is 5.85. The minimum atomic E-state index is 0. The summed E-state index contributed by atoms with van der Waals surface area (Å²) in [5.74, 6) is 0.703. The maximum Gasteiger partial charge on any atom is 0.219 e. The number of likely N-dealkylation sites (tertiary alicyclic amines) is 1. The molecule has 1 fully saturated rings. The second-order valence-corrected chi connectivity index (χ2v) is 3.52. The van der Waals surface area contributed by atoms with E-state index in [1.165, 1.54) is 0 Å². The maximum atomic E-state index is 11.0. The van der Waals surface area contributed by atoms with Crippen LogP contribution in [-0.4, -0.2) is 29.9 Å². The molecule has 1 saturated heterocycles. The minimum Gasteiger partial charge on any atom is -0.341 e. The molecule has 0 aromatic heterocycles. The molecule has 1 rings (SSSR count). The molecule has 3 nitrogen and oxygen atoms in total. The van der Waals surface area contributed by atoms with Crippen molar-refractivity contribution in [1.82, 2.24) is 4.90 Å². The summed E-state index contributed by atoms with van der Waals surface area (Å²) in [5, 5.41) is 0. The molecule has 0 radical (unpaired) electrons. The molecule has 0 bridgehead atoms. The van der Waals surface area contributed by atoms with Crippen LogP contribution in [0.15, 0.2) is 0 Å². The Morgan fingerprint density at radius 1 is 1.50 bits per heavy atom. The lowest BCUT2D eigenvalue weighted by atomic mass is 9.97. The van der Waals surface area contributed by atoms with E-state index in [0.29, 0.717) is 5.92 Å². The van der Waals surface area contributed by atoms with E-state index in [0.717, 1.165) is 19.5 Å². The van der Waals surface area contributed by atoms with Gasteiger partial charge < -0.3 is 10.6 Å². The van der Waals surface area contributed by atoms with Gasteiger partial charge in [0, 0.05) is 26.1 Å². The molecular weight excluding hydrogens is 176 g/mol. The molecule has 0 aliphatic carbocycles. The van der Waals surface area contributed by atoms with E-state index in [1.54, 1.807) is 6.92 Å². The number of hydrogen-bond acceptors (Lipinski definition) is 2. The standard InChI is InChI=1S/C8H16N2O.ClH/c1-6-3-8(9)5-10(4-6)7(2)11;/h6,8H,3-5,9H2,1-2H3;1H/t6-,8-;/m0./s1. The van der Waals surface area contributed by atoms with Crippen molar-refractivity contribution < 1.29 is 4.79 Å². The third-order valence-electron chi connectivity index (χ3n) is 2.14. The summed E-state index contributed by atoms with van der Waals surface area (Å²) in [6.45, 7) is 5.35. The quantitative estimate of drug-likeness (QED) is 0.612. The Labute approximate surface area is 79.7 Å². The normalized spacial score (nSPS) is 29.4. The number of rotatable bonds is 0. The second kappa shape index (κ2) is 4.67. The molecule has 0 aromatic rings. The molecular formula is C8H17ClN2O. The van der Waals surface area contributed by atoms with E-state index in [-0.39, 0.29) is 24.4 Å². The molecule has 0 saturated carbocycles. The average Bonchev–Trinajstić information content (AvgIpc) is 1.85. The van der Waals surface area contributed by atoms with Crippen LogP contribution < -0.4 is 5.73 Å². The highest BCUT2D eigenvalue weighted by Crippen LogP contribution is 2.14. The van der Waals surface area contributed by atoms with Crippen molar-refractivity contribution in [3.63, 3.8) is 0 Å². The summed E-state index contributed by atoms with van der Waals surface area (Å²) in [5.41, 5.74) is 5.76. The van der Waals surface area contributed by atoms with Gasteiger partial charge in [0.2, 0.25) is 5.91 Å². The van der Waals surface area contributed by atoms with Crippen LogP contribution >= 0.6 is 12.4 Å². The average molecular weight is 193 g/mol. The van der Waals surface area contributed by atoms with Gasteiger partial charge in [-0.2, -0.15) is 0 Å². The monoisotopic (exact) mass is 192 g/mol. The van der Waals surface area contributed by atoms with Crippen molar-refractivity contribution >= 4 is 18.3 Å². The molecule has 0 aromatic carbocycles. The molecule has 72 valence electrons. The van der Waals surface area contributed by atoms with Crippen LogP contribution in [0.2, 0.25) is 0 Å². The number of carbonyl (C=O) groups is 1. The van der Waals surface area contributed by atoms with Crippen molar-refractivity contribution in [2.45, 2.75) is 26.3 Å². The summed E-state index contributed by atoms with van der Waals surface area (Å²) in [7, 11) is 0. The Morgan fingerprint density at radius 3 is 2.50 bits per heavy atom. The topological polar surface area (TPSA) is 46.3 Å². The first kappa shape index (κ1) is 11.7. The summed E-state index contributed by atoms with van der Waals surface area (Å²) >= 11 is 0. The Hall–Kier alpha value is -0.280. The van der Waals surface area contributed by atoms with Gasteiger partial charge >= 0.3 is 0 Å². The smallest absolute Gasteiger partial charge is 0.219 e. The largest absolute Gasteiger partial charge is 0.341 e. The third kappa shape index (κ3) is 2.99. The molecule has 12 heavy (non-hydrogen) atoms. The first-order valence-corrected chi connectivity index (χ1v) is 4.10. The Kier molecular flexibility index (Phi) is 4.57. The van der Waals surface area contributed by atoms with E-state index < -0.39 is 0 Å². The van der Waals surface area contributed by atoms with Gasteiger partial charge in [0.05, 0.1) is 0 Å². The minimum absolute atomic E-state index is 0. The number of halogens is 1. The van der Waals surface area contributed by atoms with Crippen LogP contribution in [0.5, 0.6) is 0 Å². The zero-order chi connectivity index (χ0) is 8.43. The van der Waals surface area contributed by atoms with Gasteiger partial charge in [-0.3, -0.25) is 4.79 Å². The zero-order valence-corrected chi connectivity index (χ0v) is 8.43. The van der Waals surface area contributed by atoms with E-state index in [9.17, 15) is 4.79 Å². The van der Waals surface area contributed by atoms with Crippen molar-refractivity contribution in [3.8, 4) is 0 Å². The van der Waals surface area contributed by atoms with Crippen LogP contribution in [0.3, 0.4) is 0 Å². The van der Waals surface area contributed by atoms with E-state index in [1.807, 2.05) is 4.90 Å². The lowest BCUT2D eigenvalue weighted by Gasteiger charge is -2.34. The summed E-state index contributed by atoms with van der Waals surface area (Å²) < 4.78 is 0. The number of nitrogens with zero attached hydrogens (tertiary/aromatic N) is 1. The lowest BCUT2D eigenvalue weighted by Crippen LogP contribution is -2.48. The molecule has 1 amide bonds. The molecule has 0 spiro atoms. The number of hydrogen-bond donors (Lipinski definition) is 1. The predicted molar refractivity (Wildman–Crippen MR) is 51.3 cm³/mol. The van der Waals surface area contributed by atoms with Gasteiger partial charge in [-0.25, -0.2) is 0 Å². The number of nitrogens with two attached hydrogens (primary N) is 1. The number of piperidine rings is 1. The highest BCUT2D eigenvalue weighted by Gasteiger charge is 2.23. The molecule has 1 aliphatic rings. The van der Waals surface area contributed by atoms with Crippen LogP contribution in [-0.2, 0) is 4.79 Å². The summed E-state index contributed by atoms with van der Waals surface area (Å²) in [4.78, 5) is 12.8. The summed E-state index contributed by atoms with van der Waals surface area (Å²) in [6.07, 6.45) is 1.05.